The molecule has 10 aromatic carbocycles. The van der Waals surface area contributed by atoms with E-state index in [-0.39, 0.29) is 98.3 Å². The maximum Gasteiger partial charge on any atom is 0.373 e. The van der Waals surface area contributed by atoms with Gasteiger partial charge in [-0.15, -0.1) is 0 Å². The van der Waals surface area contributed by atoms with Gasteiger partial charge >= 0.3 is 17.9 Å². The van der Waals surface area contributed by atoms with Crippen LogP contribution in [0.4, 0.5) is 0 Å². The Morgan fingerprint density at radius 1 is 0.309 bits per heavy atom. The summed E-state index contributed by atoms with van der Waals surface area (Å²) in [7, 11) is 0. The van der Waals surface area contributed by atoms with E-state index in [1.165, 1.54) is 0 Å². The Kier molecular flexibility index (Phi) is 35.8. The Balaban J connectivity index is 0.964. The van der Waals surface area contributed by atoms with Crippen molar-refractivity contribution in [2.75, 3.05) is 39.6 Å². The second-order valence-electron chi connectivity index (χ2n) is 29.8. The molecule has 0 spiro atoms. The van der Waals surface area contributed by atoms with Crippen LogP contribution >= 0.6 is 45.2 Å². The third-order valence-corrected chi connectivity index (χ3v) is 24.2. The number of alkyl halides is 2. The first-order valence-corrected chi connectivity index (χ1v) is 44.2. The van der Waals surface area contributed by atoms with Crippen molar-refractivity contribution in [2.45, 2.75) is 180 Å². The van der Waals surface area contributed by atoms with Gasteiger partial charge in [0.15, 0.2) is 6.10 Å². The van der Waals surface area contributed by atoms with Crippen molar-refractivity contribution < 1.29 is 99.6 Å². The molecule has 0 amide bonds. The summed E-state index contributed by atoms with van der Waals surface area (Å²) in [4.78, 5) is 47.2. The van der Waals surface area contributed by atoms with Crippen molar-refractivity contribution in [3.8, 4) is 0 Å². The zero-order chi connectivity index (χ0) is 85.3. The maximum atomic E-state index is 16.4. The first kappa shape index (κ1) is 91.7. The summed E-state index contributed by atoms with van der Waals surface area (Å²) in [6, 6.07) is 96.5. The number of ether oxygens (including phenoxy) is 18. The molecule has 3 aliphatic rings. The minimum absolute atomic E-state index is 0.0153. The molecule has 2 saturated heterocycles. The summed E-state index contributed by atoms with van der Waals surface area (Å²) in [6.45, 7) is 4.04. The average Bonchev–Trinajstić information content (AvgIpc) is 0.738. The van der Waals surface area contributed by atoms with Crippen LogP contribution in [0.2, 0.25) is 0 Å². The van der Waals surface area contributed by atoms with Gasteiger partial charge in [0.05, 0.1) is 106 Å². The lowest BCUT2D eigenvalue weighted by atomic mass is 9.90. The van der Waals surface area contributed by atoms with Crippen molar-refractivity contribution in [3.63, 3.8) is 0 Å². The highest BCUT2D eigenvalue weighted by molar-refractivity contribution is 14.1. The molecule has 0 bridgehead atoms. The fourth-order valence-corrected chi connectivity index (χ4v) is 17.2. The van der Waals surface area contributed by atoms with Crippen LogP contribution in [0.15, 0.2) is 315 Å². The number of hydrogen-bond donors (Lipinski definition) is 0. The highest BCUT2D eigenvalue weighted by atomic mass is 127. The minimum atomic E-state index is -2.55. The van der Waals surface area contributed by atoms with Gasteiger partial charge in [-0.25, -0.2) is 14.4 Å². The molecule has 646 valence electrons. The fourth-order valence-electron chi connectivity index (χ4n) is 14.8. The number of halogens is 2. The Morgan fingerprint density at radius 3 is 0.878 bits per heavy atom. The van der Waals surface area contributed by atoms with Crippen LogP contribution in [0, 0.1) is 0 Å². The van der Waals surface area contributed by atoms with Crippen LogP contribution in [0.3, 0.4) is 0 Å². The van der Waals surface area contributed by atoms with E-state index in [9.17, 15) is 4.79 Å². The molecule has 0 N–H and O–H groups in total. The van der Waals surface area contributed by atoms with Crippen LogP contribution in [0.25, 0.3) is 0 Å². The molecule has 0 saturated carbocycles. The van der Waals surface area contributed by atoms with E-state index >= 15 is 9.59 Å². The monoisotopic (exact) mass is 1900 g/mol. The standard InChI is InChI=1S/C100H106I2O21/c1-4-107-96(103)82-57-81(110-59-72-39-19-8-20-40-72)86(114-63-76-47-27-12-28-48-76)87(121-82)84(112-61-74-43-23-10-24-44-74)69-119-99(97(104)108-5-2)95(102)93(118-67-80-55-35-16-36-56-80)91(116-65-78-51-31-14-32-52-78)89(123-99)85(113-62-75-45-25-11-26-46-75)70-120-100(98(105)109-6-3)94(101)92(117-66-79-53-33-15-34-54-79)90(115-64-77-49-29-13-30-50-77)88(122-100)83(111-60-73-41-21-9-22-42-73)68-106-58-71-37-17-7-18-38-71/h7-57,81,83-95H,4-6,58-70H2,1-3H3/t81-,83-,84-,85-,86-,87-,88-,89-,90+,91+,92+,93+,94+,95+,99-,100-/m1/s1. The van der Waals surface area contributed by atoms with Gasteiger partial charge in [0.25, 0.3) is 11.6 Å². The first-order chi connectivity index (χ1) is 60.4. The van der Waals surface area contributed by atoms with E-state index in [4.69, 9.17) is 85.3 Å². The molecular weight excluding hydrogens is 1790 g/mol. The molecule has 2 fully saturated rings. The quantitative estimate of drug-likeness (QED) is 0.0150. The van der Waals surface area contributed by atoms with E-state index in [0.717, 1.165) is 55.6 Å². The third kappa shape index (κ3) is 25.7. The van der Waals surface area contributed by atoms with Gasteiger partial charge in [0.1, 0.15) is 75.0 Å². The number of hydrogen-bond acceptors (Lipinski definition) is 21. The van der Waals surface area contributed by atoms with Crippen molar-refractivity contribution in [1.29, 1.82) is 0 Å². The SMILES string of the molecule is CCOC(=O)C1=C[C@@H](OCc2ccccc2)[C@@H](OCc2ccccc2)[C@@H]([C@@H](CO[C@@]2(C(=O)OCC)O[C@H]([C@@H](CO[C@@]3(C(=O)OCC)O[C@H]([C@@H](COCc4ccccc4)OCc4ccccc4)[C@H](OCc4ccccc4)[C@H](OCc4ccccc4)[C@@H]3I)OCc3ccccc3)[C@H](OCc3ccccc3)[C@H](OCc3ccccc3)[C@@H]2I)OCc2ccccc2)O1. The van der Waals surface area contributed by atoms with Crippen LogP contribution in [-0.2, 0) is 166 Å². The van der Waals surface area contributed by atoms with Gasteiger partial charge in [-0.1, -0.05) is 349 Å². The topological polar surface area (TPSA) is 217 Å². The fraction of sp³-hybridized carbons (Fsp3) is 0.350. The van der Waals surface area contributed by atoms with E-state index in [1.54, 1.807) is 26.8 Å². The smallest absolute Gasteiger partial charge is 0.373 e. The molecule has 23 heteroatoms. The summed E-state index contributed by atoms with van der Waals surface area (Å²) < 4.78 is 125. The zero-order valence-corrected chi connectivity index (χ0v) is 73.5. The Bertz CT molecular complexity index is 4760. The summed E-state index contributed by atoms with van der Waals surface area (Å²) in [5.74, 6) is -7.81. The molecule has 3 heterocycles. The van der Waals surface area contributed by atoms with Crippen molar-refractivity contribution in [2.24, 2.45) is 0 Å². The summed E-state index contributed by atoms with van der Waals surface area (Å²) in [6.07, 6.45) is -12.8. The Labute approximate surface area is 747 Å². The molecule has 0 aromatic heterocycles. The molecule has 0 radical (unpaired) electrons. The zero-order valence-electron chi connectivity index (χ0n) is 69.2. The van der Waals surface area contributed by atoms with Crippen LogP contribution in [0.5, 0.6) is 0 Å². The molecule has 13 rings (SSSR count). The van der Waals surface area contributed by atoms with Crippen molar-refractivity contribution >= 4 is 63.1 Å². The second kappa shape index (κ2) is 47.9. The lowest BCUT2D eigenvalue weighted by Crippen LogP contribution is -2.72. The van der Waals surface area contributed by atoms with Gasteiger partial charge in [-0.2, -0.15) is 0 Å². The minimum Gasteiger partial charge on any atom is -0.478 e. The molecule has 3 aliphatic heterocycles. The van der Waals surface area contributed by atoms with E-state index in [1.807, 2.05) is 303 Å². The first-order valence-electron chi connectivity index (χ1n) is 41.7. The summed E-state index contributed by atoms with van der Waals surface area (Å²) in [5, 5.41) is 0. The van der Waals surface area contributed by atoms with Crippen LogP contribution < -0.4 is 0 Å². The lowest BCUT2D eigenvalue weighted by molar-refractivity contribution is -0.354. The molecular formula is C100H106I2O21. The molecule has 0 aliphatic carbocycles. The summed E-state index contributed by atoms with van der Waals surface area (Å²) >= 11 is 4.33. The third-order valence-electron chi connectivity index (χ3n) is 21.1. The number of carbonyl (C=O) groups excluding carboxylic acids is 3. The highest BCUT2D eigenvalue weighted by Gasteiger charge is 2.66. The van der Waals surface area contributed by atoms with E-state index in [2.05, 4.69) is 45.2 Å². The molecule has 0 unspecified atom stereocenters. The van der Waals surface area contributed by atoms with Crippen LogP contribution in [-0.4, -0.2) is 150 Å². The maximum absolute atomic E-state index is 16.4. The number of benzene rings is 10. The Hall–Kier alpha value is -8.95. The van der Waals surface area contributed by atoms with Gasteiger partial charge < -0.3 is 85.3 Å². The number of rotatable bonds is 46. The van der Waals surface area contributed by atoms with Gasteiger partial charge in [0.2, 0.25) is 5.76 Å². The highest BCUT2D eigenvalue weighted by Crippen LogP contribution is 2.47. The molecule has 123 heavy (non-hydrogen) atoms. The van der Waals surface area contributed by atoms with Gasteiger partial charge in [-0.3, -0.25) is 0 Å². The second-order valence-corrected chi connectivity index (χ2v) is 32.5. The molecule has 21 nitrogen and oxygen atoms in total. The number of carbonyl (C=O) groups is 3. The lowest BCUT2D eigenvalue weighted by Gasteiger charge is -2.52. The predicted octanol–water partition coefficient (Wildman–Crippen LogP) is 17.3. The number of esters is 3. The van der Waals surface area contributed by atoms with Gasteiger partial charge in [-0.05, 0) is 82.5 Å². The molecule has 16 atom stereocenters. The predicted molar refractivity (Wildman–Crippen MR) is 477 cm³/mol. The Morgan fingerprint density at radius 2 is 0.569 bits per heavy atom. The largest absolute Gasteiger partial charge is 0.478 e. The van der Waals surface area contributed by atoms with E-state index < -0.39 is 124 Å². The van der Waals surface area contributed by atoms with Crippen LogP contribution in [0.1, 0.15) is 76.4 Å². The van der Waals surface area contributed by atoms with Crippen molar-refractivity contribution in [3.05, 3.63) is 371 Å². The summed E-state index contributed by atoms with van der Waals surface area (Å²) in [5.41, 5.74) is 8.20. The molecule has 10 aromatic rings. The normalized spacial score (nSPS) is 23.3. The van der Waals surface area contributed by atoms with Gasteiger partial charge in [0, 0.05) is 0 Å². The van der Waals surface area contributed by atoms with E-state index in [0.29, 0.717) is 0 Å². The average molecular weight is 1900 g/mol. The van der Waals surface area contributed by atoms with Crippen molar-refractivity contribution in [1.82, 2.24) is 0 Å².